The summed E-state index contributed by atoms with van der Waals surface area (Å²) in [4.78, 5) is 15.1. The molecule has 0 amide bonds. The van der Waals surface area contributed by atoms with E-state index in [1.807, 2.05) is 0 Å². The smallest absolute Gasteiger partial charge is 0.305 e. The largest absolute Gasteiger partial charge is 0.466 e. The summed E-state index contributed by atoms with van der Waals surface area (Å²) in [6, 6.07) is 1.61. The number of hydrogen-bond acceptors (Lipinski definition) is 4. The van der Waals surface area contributed by atoms with Gasteiger partial charge in [-0.3, -0.25) is 4.79 Å². The van der Waals surface area contributed by atoms with E-state index < -0.39 is 0 Å². The molecule has 17 heavy (non-hydrogen) atoms. The maximum absolute atomic E-state index is 11.1. The van der Waals surface area contributed by atoms with Crippen molar-refractivity contribution in [2.45, 2.75) is 19.8 Å². The second-order valence-electron chi connectivity index (χ2n) is 3.32. The van der Waals surface area contributed by atoms with Crippen LogP contribution in [0.15, 0.2) is 12.3 Å². The summed E-state index contributed by atoms with van der Waals surface area (Å²) in [6.45, 7) is 2.80. The summed E-state index contributed by atoms with van der Waals surface area (Å²) < 4.78 is 4.81. The van der Waals surface area contributed by atoms with Gasteiger partial charge in [0.25, 0.3) is 0 Å². The highest BCUT2D eigenvalue weighted by molar-refractivity contribution is 6.35. The number of esters is 1. The zero-order chi connectivity index (χ0) is 12.7. The molecule has 0 aliphatic heterocycles. The number of aromatic nitrogens is 1. The predicted octanol–water partition coefficient (Wildman–Crippen LogP) is 3.14. The molecule has 0 unspecified atom stereocenters. The van der Waals surface area contributed by atoms with E-state index in [1.54, 1.807) is 13.0 Å². The Labute approximate surface area is 110 Å². The van der Waals surface area contributed by atoms with Crippen LogP contribution in [0.4, 0.5) is 5.82 Å². The normalized spacial score (nSPS) is 10.1. The Balaban J connectivity index is 2.29. The van der Waals surface area contributed by atoms with Crippen LogP contribution in [0.3, 0.4) is 0 Å². The highest BCUT2D eigenvalue weighted by Gasteiger charge is 2.04. The van der Waals surface area contributed by atoms with Crippen LogP contribution < -0.4 is 5.32 Å². The first kappa shape index (κ1) is 14.1. The Morgan fingerprint density at radius 1 is 1.53 bits per heavy atom. The quantitative estimate of drug-likeness (QED) is 0.641. The highest BCUT2D eigenvalue weighted by atomic mass is 35.5. The van der Waals surface area contributed by atoms with E-state index >= 15 is 0 Å². The number of hydrogen-bond donors (Lipinski definition) is 1. The van der Waals surface area contributed by atoms with Crippen LogP contribution in [0.2, 0.25) is 10.0 Å². The molecule has 1 heterocycles. The molecule has 4 nitrogen and oxygen atoms in total. The first-order chi connectivity index (χ1) is 8.13. The SMILES string of the molecule is CCOC(=O)CCCNc1ncc(Cl)cc1Cl. The van der Waals surface area contributed by atoms with Crippen LogP contribution in [0.5, 0.6) is 0 Å². The van der Waals surface area contributed by atoms with Crippen molar-refractivity contribution in [3.8, 4) is 0 Å². The molecule has 1 aromatic heterocycles. The van der Waals surface area contributed by atoms with E-state index in [0.29, 0.717) is 41.9 Å². The number of carbonyl (C=O) groups excluding carboxylic acids is 1. The van der Waals surface area contributed by atoms with Gasteiger partial charge in [0.05, 0.1) is 16.7 Å². The molecule has 0 radical (unpaired) electrons. The molecule has 0 fully saturated rings. The molecule has 0 bridgehead atoms. The highest BCUT2D eigenvalue weighted by Crippen LogP contribution is 2.22. The number of carbonyl (C=O) groups is 1. The van der Waals surface area contributed by atoms with Crippen LogP contribution in [0.25, 0.3) is 0 Å². The second kappa shape index (κ2) is 7.35. The Morgan fingerprint density at radius 3 is 2.94 bits per heavy atom. The maximum atomic E-state index is 11.1. The molecule has 0 atom stereocenters. The van der Waals surface area contributed by atoms with Crippen LogP contribution in [0, 0.1) is 0 Å². The lowest BCUT2D eigenvalue weighted by Gasteiger charge is -2.07. The number of rotatable bonds is 6. The Bertz CT molecular complexity index is 386. The van der Waals surface area contributed by atoms with Gasteiger partial charge in [-0.05, 0) is 19.4 Å². The second-order valence-corrected chi connectivity index (χ2v) is 4.16. The van der Waals surface area contributed by atoms with Crippen molar-refractivity contribution in [3.63, 3.8) is 0 Å². The fraction of sp³-hybridized carbons (Fsp3) is 0.455. The van der Waals surface area contributed by atoms with E-state index in [4.69, 9.17) is 27.9 Å². The maximum Gasteiger partial charge on any atom is 0.305 e. The van der Waals surface area contributed by atoms with Crippen molar-refractivity contribution in [2.24, 2.45) is 0 Å². The number of halogens is 2. The van der Waals surface area contributed by atoms with Gasteiger partial charge in [-0.15, -0.1) is 0 Å². The molecule has 1 aromatic rings. The van der Waals surface area contributed by atoms with Gasteiger partial charge in [0.15, 0.2) is 0 Å². The van der Waals surface area contributed by atoms with Gasteiger partial charge < -0.3 is 10.1 Å². The monoisotopic (exact) mass is 276 g/mol. The Morgan fingerprint density at radius 2 is 2.29 bits per heavy atom. The first-order valence-corrected chi connectivity index (χ1v) is 6.09. The van der Waals surface area contributed by atoms with E-state index in [0.717, 1.165) is 0 Å². The minimum atomic E-state index is -0.190. The minimum absolute atomic E-state index is 0.190. The molecule has 94 valence electrons. The molecule has 0 aliphatic carbocycles. The average Bonchev–Trinajstić information content (AvgIpc) is 2.27. The van der Waals surface area contributed by atoms with E-state index in [2.05, 4.69) is 10.3 Å². The summed E-state index contributed by atoms with van der Waals surface area (Å²) >= 11 is 11.6. The number of nitrogens with zero attached hydrogens (tertiary/aromatic N) is 1. The standard InChI is InChI=1S/C11H14Cl2N2O2/c1-2-17-10(16)4-3-5-14-11-9(13)6-8(12)7-15-11/h6-7H,2-5H2,1H3,(H,14,15). The third-order valence-corrected chi connectivity index (χ3v) is 2.46. The van der Waals surface area contributed by atoms with Crippen LogP contribution in [-0.2, 0) is 9.53 Å². The summed E-state index contributed by atoms with van der Waals surface area (Å²) in [5, 5.41) is 3.99. The van der Waals surface area contributed by atoms with Gasteiger partial charge in [-0.1, -0.05) is 23.2 Å². The van der Waals surface area contributed by atoms with Gasteiger partial charge in [-0.2, -0.15) is 0 Å². The molecule has 0 aliphatic rings. The number of nitrogens with one attached hydrogen (secondary N) is 1. The topological polar surface area (TPSA) is 51.2 Å². The lowest BCUT2D eigenvalue weighted by Crippen LogP contribution is -2.09. The van der Waals surface area contributed by atoms with Crippen molar-refractivity contribution in [1.29, 1.82) is 0 Å². The van der Waals surface area contributed by atoms with E-state index in [9.17, 15) is 4.79 Å². The third-order valence-electron chi connectivity index (χ3n) is 1.96. The minimum Gasteiger partial charge on any atom is -0.466 e. The molecule has 0 saturated carbocycles. The fourth-order valence-corrected chi connectivity index (χ4v) is 1.66. The van der Waals surface area contributed by atoms with Gasteiger partial charge in [0.2, 0.25) is 0 Å². The average molecular weight is 277 g/mol. The van der Waals surface area contributed by atoms with Crippen LogP contribution in [-0.4, -0.2) is 24.1 Å². The summed E-state index contributed by atoms with van der Waals surface area (Å²) in [6.07, 6.45) is 2.56. The Hall–Kier alpha value is -1.000. The molecular weight excluding hydrogens is 263 g/mol. The Kier molecular flexibility index (Phi) is 6.08. The van der Waals surface area contributed by atoms with Crippen molar-refractivity contribution < 1.29 is 9.53 Å². The van der Waals surface area contributed by atoms with Crippen LogP contribution >= 0.6 is 23.2 Å². The zero-order valence-corrected chi connectivity index (χ0v) is 11.0. The molecule has 6 heteroatoms. The molecule has 0 aromatic carbocycles. The molecule has 1 N–H and O–H groups in total. The van der Waals surface area contributed by atoms with Gasteiger partial charge in [0.1, 0.15) is 5.82 Å². The van der Waals surface area contributed by atoms with Crippen molar-refractivity contribution in [2.75, 3.05) is 18.5 Å². The number of ether oxygens (including phenoxy) is 1. The summed E-state index contributed by atoms with van der Waals surface area (Å²) in [7, 11) is 0. The van der Waals surface area contributed by atoms with Crippen molar-refractivity contribution in [1.82, 2.24) is 4.98 Å². The molecule has 0 saturated heterocycles. The van der Waals surface area contributed by atoms with Crippen molar-refractivity contribution in [3.05, 3.63) is 22.3 Å². The van der Waals surface area contributed by atoms with Gasteiger partial charge in [-0.25, -0.2) is 4.98 Å². The third kappa shape index (κ3) is 5.24. The number of pyridine rings is 1. The molecule has 1 rings (SSSR count). The van der Waals surface area contributed by atoms with Gasteiger partial charge in [0, 0.05) is 19.2 Å². The fourth-order valence-electron chi connectivity index (χ4n) is 1.22. The lowest BCUT2D eigenvalue weighted by molar-refractivity contribution is -0.143. The van der Waals surface area contributed by atoms with Gasteiger partial charge >= 0.3 is 5.97 Å². The number of anilines is 1. The summed E-state index contributed by atoms with van der Waals surface area (Å²) in [5.41, 5.74) is 0. The lowest BCUT2D eigenvalue weighted by atomic mass is 10.3. The van der Waals surface area contributed by atoms with Crippen LogP contribution in [0.1, 0.15) is 19.8 Å². The molecule has 0 spiro atoms. The molecular formula is C11H14Cl2N2O2. The zero-order valence-electron chi connectivity index (χ0n) is 9.50. The van der Waals surface area contributed by atoms with E-state index in [-0.39, 0.29) is 5.97 Å². The summed E-state index contributed by atoms with van der Waals surface area (Å²) in [5.74, 6) is 0.379. The van der Waals surface area contributed by atoms with Crippen molar-refractivity contribution >= 4 is 35.0 Å². The predicted molar refractivity (Wildman–Crippen MR) is 68.6 cm³/mol. The first-order valence-electron chi connectivity index (χ1n) is 5.34. The van der Waals surface area contributed by atoms with E-state index in [1.165, 1.54) is 6.20 Å².